The van der Waals surface area contributed by atoms with Gasteiger partial charge in [0, 0.05) is 9.75 Å². The number of aromatic carboxylic acids is 1. The highest BCUT2D eigenvalue weighted by molar-refractivity contribution is 7.11. The Morgan fingerprint density at radius 1 is 1.50 bits per heavy atom. The van der Waals surface area contributed by atoms with E-state index in [9.17, 15) is 4.79 Å². The lowest BCUT2D eigenvalue weighted by molar-refractivity contribution is 0.0697. The van der Waals surface area contributed by atoms with Crippen molar-refractivity contribution < 1.29 is 9.90 Å². The van der Waals surface area contributed by atoms with Gasteiger partial charge in [0.15, 0.2) is 0 Å². The van der Waals surface area contributed by atoms with Gasteiger partial charge in [-0.05, 0) is 31.2 Å². The Balaban J connectivity index is 2.11. The maximum atomic E-state index is 10.9. The van der Waals surface area contributed by atoms with Gasteiger partial charge < -0.3 is 10.4 Å². The minimum absolute atomic E-state index is 0.125. The Bertz CT molecular complexity index is 583. The van der Waals surface area contributed by atoms with E-state index in [4.69, 9.17) is 16.7 Å². The van der Waals surface area contributed by atoms with Gasteiger partial charge in [-0.1, -0.05) is 11.6 Å². The SMILES string of the molecule is Cc1ccc(CNc2cc(C(=O)O)cc(Cl)n2)s1. The molecule has 2 rings (SSSR count). The van der Waals surface area contributed by atoms with Crippen molar-refractivity contribution in [2.24, 2.45) is 0 Å². The van der Waals surface area contributed by atoms with Crippen LogP contribution in [-0.2, 0) is 6.54 Å². The normalized spacial score (nSPS) is 10.3. The molecule has 4 nitrogen and oxygen atoms in total. The molecule has 0 saturated heterocycles. The van der Waals surface area contributed by atoms with Crippen LogP contribution in [0.1, 0.15) is 20.1 Å². The number of hydrogen-bond donors (Lipinski definition) is 2. The summed E-state index contributed by atoms with van der Waals surface area (Å²) in [6.07, 6.45) is 0. The Morgan fingerprint density at radius 3 is 2.89 bits per heavy atom. The van der Waals surface area contributed by atoms with Crippen LogP contribution in [0.4, 0.5) is 5.82 Å². The van der Waals surface area contributed by atoms with Crippen LogP contribution >= 0.6 is 22.9 Å². The molecule has 0 saturated carbocycles. The largest absolute Gasteiger partial charge is 0.478 e. The summed E-state index contributed by atoms with van der Waals surface area (Å²) in [5.74, 6) is -0.555. The molecule has 0 radical (unpaired) electrons. The van der Waals surface area contributed by atoms with E-state index >= 15 is 0 Å². The van der Waals surface area contributed by atoms with Crippen LogP contribution in [0, 0.1) is 6.92 Å². The molecular weight excluding hydrogens is 272 g/mol. The number of anilines is 1. The number of carbonyl (C=O) groups is 1. The molecule has 0 amide bonds. The molecule has 0 spiro atoms. The monoisotopic (exact) mass is 282 g/mol. The fourth-order valence-corrected chi connectivity index (χ4v) is 2.51. The highest BCUT2D eigenvalue weighted by Gasteiger charge is 2.07. The van der Waals surface area contributed by atoms with Gasteiger partial charge in [-0.3, -0.25) is 0 Å². The summed E-state index contributed by atoms with van der Waals surface area (Å²) >= 11 is 7.45. The predicted octanol–water partition coefficient (Wildman–Crippen LogP) is 3.42. The second-order valence-electron chi connectivity index (χ2n) is 3.73. The Morgan fingerprint density at radius 2 is 2.28 bits per heavy atom. The maximum Gasteiger partial charge on any atom is 0.335 e. The standard InChI is InChI=1S/C12H11ClN2O2S/c1-7-2-3-9(18-7)6-14-11-5-8(12(16)17)4-10(13)15-11/h2-5H,6H2,1H3,(H,14,15)(H,16,17). The highest BCUT2D eigenvalue weighted by atomic mass is 35.5. The molecule has 0 bridgehead atoms. The van der Waals surface area contributed by atoms with E-state index in [2.05, 4.69) is 10.3 Å². The predicted molar refractivity (Wildman–Crippen MR) is 72.6 cm³/mol. The summed E-state index contributed by atoms with van der Waals surface area (Å²) in [6, 6.07) is 6.85. The molecule has 0 atom stereocenters. The molecular formula is C12H11ClN2O2S. The van der Waals surface area contributed by atoms with Crippen molar-refractivity contribution >= 4 is 34.7 Å². The quantitative estimate of drug-likeness (QED) is 0.844. The molecule has 6 heteroatoms. The molecule has 2 aromatic rings. The third-order valence-electron chi connectivity index (χ3n) is 2.28. The number of carboxylic acid groups (broad SMARTS) is 1. The van der Waals surface area contributed by atoms with Crippen molar-refractivity contribution in [3.05, 3.63) is 44.7 Å². The third-order valence-corrected chi connectivity index (χ3v) is 3.48. The lowest BCUT2D eigenvalue weighted by Crippen LogP contribution is -2.03. The number of carboxylic acids is 1. The number of thiophene rings is 1. The van der Waals surface area contributed by atoms with Crippen LogP contribution in [0.15, 0.2) is 24.3 Å². The summed E-state index contributed by atoms with van der Waals surface area (Å²) in [5.41, 5.74) is 0.125. The van der Waals surface area contributed by atoms with Crippen LogP contribution < -0.4 is 5.32 Å². The third kappa shape index (κ3) is 3.21. The topological polar surface area (TPSA) is 62.2 Å². The van der Waals surface area contributed by atoms with Crippen LogP contribution in [0.2, 0.25) is 5.15 Å². The van der Waals surface area contributed by atoms with Gasteiger partial charge in [-0.15, -0.1) is 11.3 Å². The minimum Gasteiger partial charge on any atom is -0.478 e. The van der Waals surface area contributed by atoms with E-state index in [0.717, 1.165) is 4.88 Å². The highest BCUT2D eigenvalue weighted by Crippen LogP contribution is 2.18. The van der Waals surface area contributed by atoms with Crippen molar-refractivity contribution in [3.8, 4) is 0 Å². The maximum absolute atomic E-state index is 10.9. The van der Waals surface area contributed by atoms with Gasteiger partial charge in [0.25, 0.3) is 0 Å². The second-order valence-corrected chi connectivity index (χ2v) is 5.49. The molecule has 2 aromatic heterocycles. The number of pyridine rings is 1. The summed E-state index contributed by atoms with van der Waals surface area (Å²) in [6.45, 7) is 2.64. The number of hydrogen-bond acceptors (Lipinski definition) is 4. The van der Waals surface area contributed by atoms with Gasteiger partial charge in [-0.2, -0.15) is 0 Å². The smallest absolute Gasteiger partial charge is 0.335 e. The number of aryl methyl sites for hydroxylation is 1. The molecule has 0 unspecified atom stereocenters. The first-order chi connectivity index (χ1) is 8.54. The fraction of sp³-hybridized carbons (Fsp3) is 0.167. The lowest BCUT2D eigenvalue weighted by atomic mass is 10.2. The number of halogens is 1. The van der Waals surface area contributed by atoms with Crippen molar-refractivity contribution in [2.45, 2.75) is 13.5 Å². The molecule has 94 valence electrons. The lowest BCUT2D eigenvalue weighted by Gasteiger charge is -2.05. The van der Waals surface area contributed by atoms with E-state index in [1.165, 1.54) is 17.0 Å². The molecule has 0 aliphatic heterocycles. The van der Waals surface area contributed by atoms with E-state index < -0.39 is 5.97 Å². The number of aromatic nitrogens is 1. The number of nitrogens with zero attached hydrogens (tertiary/aromatic N) is 1. The van der Waals surface area contributed by atoms with Crippen LogP contribution in [0.25, 0.3) is 0 Å². The molecule has 2 N–H and O–H groups in total. The first-order valence-corrected chi connectivity index (χ1v) is 6.44. The van der Waals surface area contributed by atoms with Crippen LogP contribution in [0.3, 0.4) is 0 Å². The zero-order valence-corrected chi connectivity index (χ0v) is 11.2. The van der Waals surface area contributed by atoms with Gasteiger partial charge in [0.05, 0.1) is 12.1 Å². The first kappa shape index (κ1) is 12.9. The van der Waals surface area contributed by atoms with Crippen molar-refractivity contribution in [1.82, 2.24) is 4.98 Å². The van der Waals surface area contributed by atoms with E-state index in [1.54, 1.807) is 11.3 Å². The van der Waals surface area contributed by atoms with Crippen LogP contribution in [0.5, 0.6) is 0 Å². The Hall–Kier alpha value is -1.59. The summed E-state index contributed by atoms with van der Waals surface area (Å²) in [5, 5.41) is 12.1. The average molecular weight is 283 g/mol. The number of rotatable bonds is 4. The molecule has 0 aliphatic carbocycles. The van der Waals surface area contributed by atoms with Gasteiger partial charge in [-0.25, -0.2) is 9.78 Å². The zero-order valence-electron chi connectivity index (χ0n) is 9.61. The molecule has 0 aromatic carbocycles. The molecule has 0 aliphatic rings. The van der Waals surface area contributed by atoms with Crippen molar-refractivity contribution in [3.63, 3.8) is 0 Å². The summed E-state index contributed by atoms with van der Waals surface area (Å²) in [4.78, 5) is 17.3. The van der Waals surface area contributed by atoms with Crippen molar-refractivity contribution in [1.29, 1.82) is 0 Å². The molecule has 18 heavy (non-hydrogen) atoms. The molecule has 2 heterocycles. The van der Waals surface area contributed by atoms with E-state index in [1.807, 2.05) is 19.1 Å². The van der Waals surface area contributed by atoms with Gasteiger partial charge in [0.2, 0.25) is 0 Å². The molecule has 0 fully saturated rings. The average Bonchev–Trinajstić information content (AvgIpc) is 2.72. The Kier molecular flexibility index (Phi) is 3.84. The Labute approximate surface area is 113 Å². The van der Waals surface area contributed by atoms with Gasteiger partial charge in [0.1, 0.15) is 11.0 Å². The van der Waals surface area contributed by atoms with Crippen molar-refractivity contribution in [2.75, 3.05) is 5.32 Å². The fourth-order valence-electron chi connectivity index (χ4n) is 1.47. The van der Waals surface area contributed by atoms with E-state index in [0.29, 0.717) is 12.4 Å². The van der Waals surface area contributed by atoms with Crippen LogP contribution in [-0.4, -0.2) is 16.1 Å². The summed E-state index contributed by atoms with van der Waals surface area (Å²) < 4.78 is 0. The van der Waals surface area contributed by atoms with E-state index in [-0.39, 0.29) is 10.7 Å². The minimum atomic E-state index is -1.02. The zero-order chi connectivity index (χ0) is 13.1. The second kappa shape index (κ2) is 5.37. The first-order valence-electron chi connectivity index (χ1n) is 5.24. The van der Waals surface area contributed by atoms with Gasteiger partial charge >= 0.3 is 5.97 Å². The summed E-state index contributed by atoms with van der Waals surface area (Å²) in [7, 11) is 0. The number of nitrogens with one attached hydrogen (secondary N) is 1.